The molecule has 13 heavy (non-hydrogen) atoms. The summed E-state index contributed by atoms with van der Waals surface area (Å²) >= 11 is 5.96. The molecule has 0 saturated carbocycles. The predicted octanol–water partition coefficient (Wildman–Crippen LogP) is 1.11. The summed E-state index contributed by atoms with van der Waals surface area (Å²) < 4.78 is 6.73. The SMILES string of the molecule is COc1cnn(CCN(C)C)c1Cl. The quantitative estimate of drug-likeness (QED) is 0.735. The Morgan fingerprint density at radius 3 is 2.77 bits per heavy atom. The molecule has 0 fully saturated rings. The standard InChI is InChI=1S/C8H14ClN3O/c1-11(2)4-5-12-8(9)7(13-3)6-10-12/h6H,4-5H2,1-3H3. The van der Waals surface area contributed by atoms with E-state index in [-0.39, 0.29) is 0 Å². The topological polar surface area (TPSA) is 30.3 Å². The van der Waals surface area contributed by atoms with Crippen LogP contribution in [-0.2, 0) is 6.54 Å². The van der Waals surface area contributed by atoms with Crippen molar-refractivity contribution in [3.05, 3.63) is 11.3 Å². The molecule has 1 aromatic heterocycles. The molecule has 74 valence electrons. The molecule has 0 aliphatic rings. The summed E-state index contributed by atoms with van der Waals surface area (Å²) in [6, 6.07) is 0. The smallest absolute Gasteiger partial charge is 0.175 e. The second-order valence-electron chi connectivity index (χ2n) is 3.03. The largest absolute Gasteiger partial charge is 0.492 e. The van der Waals surface area contributed by atoms with E-state index in [9.17, 15) is 0 Å². The third kappa shape index (κ3) is 2.60. The number of hydrogen-bond acceptors (Lipinski definition) is 3. The maximum atomic E-state index is 5.96. The van der Waals surface area contributed by atoms with Gasteiger partial charge in [0.1, 0.15) is 0 Å². The minimum atomic E-state index is 0.560. The highest BCUT2D eigenvalue weighted by Gasteiger charge is 2.07. The van der Waals surface area contributed by atoms with E-state index in [1.54, 1.807) is 18.0 Å². The number of rotatable bonds is 4. The van der Waals surface area contributed by atoms with Crippen molar-refractivity contribution in [1.29, 1.82) is 0 Å². The van der Waals surface area contributed by atoms with Gasteiger partial charge in [-0.15, -0.1) is 0 Å². The van der Waals surface area contributed by atoms with Gasteiger partial charge >= 0.3 is 0 Å². The second kappa shape index (κ2) is 4.48. The van der Waals surface area contributed by atoms with Gasteiger partial charge in [0, 0.05) is 6.54 Å². The van der Waals surface area contributed by atoms with Crippen LogP contribution in [-0.4, -0.2) is 42.4 Å². The first kappa shape index (κ1) is 10.3. The number of nitrogens with zero attached hydrogens (tertiary/aromatic N) is 3. The van der Waals surface area contributed by atoms with E-state index in [2.05, 4.69) is 10.00 Å². The van der Waals surface area contributed by atoms with Crippen molar-refractivity contribution in [1.82, 2.24) is 14.7 Å². The van der Waals surface area contributed by atoms with Gasteiger partial charge in [0.15, 0.2) is 10.9 Å². The molecular formula is C8H14ClN3O. The Morgan fingerprint density at radius 1 is 1.62 bits per heavy atom. The van der Waals surface area contributed by atoms with Gasteiger partial charge in [0.05, 0.1) is 19.9 Å². The van der Waals surface area contributed by atoms with E-state index in [4.69, 9.17) is 16.3 Å². The second-order valence-corrected chi connectivity index (χ2v) is 3.39. The van der Waals surface area contributed by atoms with E-state index in [1.807, 2.05) is 14.1 Å². The summed E-state index contributed by atoms with van der Waals surface area (Å²) in [6.45, 7) is 1.68. The molecule has 0 aliphatic carbocycles. The van der Waals surface area contributed by atoms with Crippen LogP contribution in [0.25, 0.3) is 0 Å². The highest BCUT2D eigenvalue weighted by atomic mass is 35.5. The monoisotopic (exact) mass is 203 g/mol. The molecule has 0 N–H and O–H groups in total. The van der Waals surface area contributed by atoms with Gasteiger partial charge in [0.25, 0.3) is 0 Å². The van der Waals surface area contributed by atoms with Gasteiger partial charge in [-0.2, -0.15) is 5.10 Å². The molecule has 1 rings (SSSR count). The van der Waals surface area contributed by atoms with Gasteiger partial charge in [-0.3, -0.25) is 0 Å². The molecule has 0 radical (unpaired) electrons. The zero-order chi connectivity index (χ0) is 9.84. The molecule has 4 nitrogen and oxygen atoms in total. The van der Waals surface area contributed by atoms with Crippen LogP contribution in [0.2, 0.25) is 5.15 Å². The molecule has 0 spiro atoms. The summed E-state index contributed by atoms with van der Waals surface area (Å²) in [6.07, 6.45) is 1.62. The number of hydrogen-bond donors (Lipinski definition) is 0. The predicted molar refractivity (Wildman–Crippen MR) is 52.3 cm³/mol. The van der Waals surface area contributed by atoms with E-state index in [0.717, 1.165) is 13.1 Å². The summed E-state index contributed by atoms with van der Waals surface area (Å²) in [5, 5.41) is 4.65. The van der Waals surface area contributed by atoms with Gasteiger partial charge in [-0.05, 0) is 14.1 Å². The van der Waals surface area contributed by atoms with E-state index in [0.29, 0.717) is 10.9 Å². The van der Waals surface area contributed by atoms with Gasteiger partial charge < -0.3 is 9.64 Å². The van der Waals surface area contributed by atoms with Crippen molar-refractivity contribution < 1.29 is 4.74 Å². The van der Waals surface area contributed by atoms with Crippen molar-refractivity contribution in [2.45, 2.75) is 6.54 Å². The molecule has 0 amide bonds. The molecule has 1 aromatic rings. The van der Waals surface area contributed by atoms with E-state index >= 15 is 0 Å². The highest BCUT2D eigenvalue weighted by Crippen LogP contribution is 2.22. The third-order valence-corrected chi connectivity index (χ3v) is 2.10. The van der Waals surface area contributed by atoms with E-state index < -0.39 is 0 Å². The fraction of sp³-hybridized carbons (Fsp3) is 0.625. The molecule has 1 heterocycles. The van der Waals surface area contributed by atoms with Gasteiger partial charge in [0.2, 0.25) is 0 Å². The van der Waals surface area contributed by atoms with Crippen molar-refractivity contribution in [3.8, 4) is 5.75 Å². The Morgan fingerprint density at radius 2 is 2.31 bits per heavy atom. The van der Waals surface area contributed by atoms with Crippen LogP contribution in [0.4, 0.5) is 0 Å². The third-order valence-electron chi connectivity index (χ3n) is 1.72. The van der Waals surface area contributed by atoms with Crippen LogP contribution in [0.5, 0.6) is 5.75 Å². The first-order chi connectivity index (χ1) is 6.15. The lowest BCUT2D eigenvalue weighted by atomic mass is 10.6. The maximum absolute atomic E-state index is 5.96. The molecule has 0 aliphatic heterocycles. The average Bonchev–Trinajstić information content (AvgIpc) is 2.43. The average molecular weight is 204 g/mol. The molecule has 5 heteroatoms. The van der Waals surface area contributed by atoms with Crippen LogP contribution in [0.3, 0.4) is 0 Å². The highest BCUT2D eigenvalue weighted by molar-refractivity contribution is 6.31. The minimum absolute atomic E-state index is 0.560. The Hall–Kier alpha value is -0.740. The lowest BCUT2D eigenvalue weighted by molar-refractivity contribution is 0.372. The van der Waals surface area contributed by atoms with Crippen LogP contribution in [0, 0.1) is 0 Å². The fourth-order valence-electron chi connectivity index (χ4n) is 0.941. The molecule has 0 bridgehead atoms. The number of halogens is 1. The fourth-order valence-corrected chi connectivity index (χ4v) is 1.19. The molecule has 0 unspecified atom stereocenters. The number of aromatic nitrogens is 2. The van der Waals surface area contributed by atoms with Crippen molar-refractivity contribution in [3.63, 3.8) is 0 Å². The lowest BCUT2D eigenvalue weighted by Gasteiger charge is -2.09. The Bertz CT molecular complexity index is 272. The zero-order valence-electron chi connectivity index (χ0n) is 8.12. The van der Waals surface area contributed by atoms with E-state index in [1.165, 1.54) is 0 Å². The molecule has 0 atom stereocenters. The van der Waals surface area contributed by atoms with Gasteiger partial charge in [-0.1, -0.05) is 11.6 Å². The summed E-state index contributed by atoms with van der Waals surface area (Å²) in [7, 11) is 5.60. The Kier molecular flexibility index (Phi) is 3.57. The normalized spacial score (nSPS) is 10.8. The van der Waals surface area contributed by atoms with Crippen LogP contribution in [0.15, 0.2) is 6.20 Å². The molecule has 0 aromatic carbocycles. The lowest BCUT2D eigenvalue weighted by Crippen LogP contribution is -2.19. The van der Waals surface area contributed by atoms with Crippen LogP contribution >= 0.6 is 11.6 Å². The summed E-state index contributed by atoms with van der Waals surface area (Å²) in [5.41, 5.74) is 0. The maximum Gasteiger partial charge on any atom is 0.175 e. The van der Waals surface area contributed by atoms with Crippen molar-refractivity contribution in [2.24, 2.45) is 0 Å². The summed E-state index contributed by atoms with van der Waals surface area (Å²) in [4.78, 5) is 2.07. The van der Waals surface area contributed by atoms with Crippen molar-refractivity contribution >= 4 is 11.6 Å². The molecular weight excluding hydrogens is 190 g/mol. The number of likely N-dealkylation sites (N-methyl/N-ethyl adjacent to an activating group) is 1. The zero-order valence-corrected chi connectivity index (χ0v) is 8.88. The first-order valence-electron chi connectivity index (χ1n) is 4.05. The molecule has 0 saturated heterocycles. The minimum Gasteiger partial charge on any atom is -0.492 e. The van der Waals surface area contributed by atoms with Crippen LogP contribution in [0.1, 0.15) is 0 Å². The number of methoxy groups -OCH3 is 1. The van der Waals surface area contributed by atoms with Crippen LogP contribution < -0.4 is 4.74 Å². The Balaban J connectivity index is 2.62. The summed E-state index contributed by atoms with van der Waals surface area (Å²) in [5.74, 6) is 0.625. The number of ether oxygens (including phenoxy) is 1. The Labute approximate surface area is 83.0 Å². The van der Waals surface area contributed by atoms with Gasteiger partial charge in [-0.25, -0.2) is 4.68 Å². The first-order valence-corrected chi connectivity index (χ1v) is 4.43. The van der Waals surface area contributed by atoms with Crippen molar-refractivity contribution in [2.75, 3.05) is 27.7 Å².